The molecule has 0 aromatic carbocycles. The Labute approximate surface area is 49.4 Å². The Kier molecular flexibility index (Phi) is 1.02. The van der Waals surface area contributed by atoms with Gasteiger partial charge in [0, 0.05) is 6.54 Å². The highest BCUT2D eigenvalue weighted by Gasteiger charge is 2.27. The maximum absolute atomic E-state index is 5.07. The first kappa shape index (κ1) is 4.77. The Balaban J connectivity index is 1.66. The van der Waals surface area contributed by atoms with Crippen molar-refractivity contribution < 1.29 is 4.74 Å². The van der Waals surface area contributed by atoms with Crippen molar-refractivity contribution in [3.8, 4) is 0 Å². The molecule has 2 heteroatoms. The Hall–Kier alpha value is -0.0800. The van der Waals surface area contributed by atoms with Crippen LogP contribution in [-0.2, 0) is 4.74 Å². The fraction of sp³-hybridized carbons (Fsp3) is 1.00. The second kappa shape index (κ2) is 1.71. The van der Waals surface area contributed by atoms with Gasteiger partial charge < -0.3 is 9.64 Å². The predicted molar refractivity (Wildman–Crippen MR) is 30.8 cm³/mol. The van der Waals surface area contributed by atoms with Crippen LogP contribution in [0.25, 0.3) is 0 Å². The molecular formula is C6H11NO. The van der Waals surface area contributed by atoms with Gasteiger partial charge >= 0.3 is 0 Å². The lowest BCUT2D eigenvalue weighted by Gasteiger charge is -2.29. The average Bonchev–Trinajstić information content (AvgIpc) is 2.36. The van der Waals surface area contributed by atoms with Gasteiger partial charge in [0.2, 0.25) is 0 Å². The molecule has 46 valence electrons. The minimum absolute atomic E-state index is 0.607. The molecule has 0 amide bonds. The predicted octanol–water partition coefficient (Wildman–Crippen LogP) is 0.0909. The van der Waals surface area contributed by atoms with Crippen molar-refractivity contribution in [2.75, 3.05) is 26.2 Å². The second-order valence-corrected chi connectivity index (χ2v) is 2.61. The van der Waals surface area contributed by atoms with E-state index in [4.69, 9.17) is 4.74 Å². The van der Waals surface area contributed by atoms with Gasteiger partial charge in [-0.3, -0.25) is 0 Å². The molecule has 0 spiro atoms. The highest BCUT2D eigenvalue weighted by molar-refractivity contribution is 4.78. The third-order valence-electron chi connectivity index (χ3n) is 1.81. The maximum Gasteiger partial charge on any atom is 0.0936 e. The highest BCUT2D eigenvalue weighted by Crippen LogP contribution is 2.14. The molecule has 8 heavy (non-hydrogen) atoms. The van der Waals surface area contributed by atoms with E-state index < -0.39 is 0 Å². The standard InChI is InChI=1S/C6H11NO/c1-2-7(3-1)4-6-5-8-6/h6H,1-5H2/t6-/m0/s1. The normalized spacial score (nSPS) is 36.8. The van der Waals surface area contributed by atoms with Crippen molar-refractivity contribution in [3.05, 3.63) is 0 Å². The summed E-state index contributed by atoms with van der Waals surface area (Å²) in [4.78, 5) is 2.44. The van der Waals surface area contributed by atoms with Crippen LogP contribution in [0.15, 0.2) is 0 Å². The SMILES string of the molecule is C1CN(C[C@H]2CO2)C1. The molecule has 2 fully saturated rings. The molecule has 0 aliphatic carbocycles. The van der Waals surface area contributed by atoms with Crippen molar-refractivity contribution in [2.24, 2.45) is 0 Å². The lowest BCUT2D eigenvalue weighted by Crippen LogP contribution is -2.39. The lowest BCUT2D eigenvalue weighted by atomic mass is 10.2. The first-order valence-corrected chi connectivity index (χ1v) is 3.29. The molecule has 2 aliphatic heterocycles. The second-order valence-electron chi connectivity index (χ2n) is 2.61. The molecule has 2 saturated heterocycles. The van der Waals surface area contributed by atoms with Crippen molar-refractivity contribution >= 4 is 0 Å². The summed E-state index contributed by atoms with van der Waals surface area (Å²) in [5, 5.41) is 0. The number of hydrogen-bond acceptors (Lipinski definition) is 2. The monoisotopic (exact) mass is 113 g/mol. The Morgan fingerprint density at radius 2 is 2.25 bits per heavy atom. The van der Waals surface area contributed by atoms with Crippen LogP contribution >= 0.6 is 0 Å². The molecule has 2 rings (SSSR count). The zero-order valence-corrected chi connectivity index (χ0v) is 4.97. The molecule has 0 radical (unpaired) electrons. The molecule has 0 aromatic rings. The summed E-state index contributed by atoms with van der Waals surface area (Å²) in [6, 6.07) is 0. The van der Waals surface area contributed by atoms with Crippen LogP contribution < -0.4 is 0 Å². The largest absolute Gasteiger partial charge is 0.372 e. The van der Waals surface area contributed by atoms with E-state index in [0.717, 1.165) is 6.61 Å². The fourth-order valence-corrected chi connectivity index (χ4v) is 1.03. The molecule has 0 unspecified atom stereocenters. The van der Waals surface area contributed by atoms with E-state index in [1.54, 1.807) is 0 Å². The highest BCUT2D eigenvalue weighted by atomic mass is 16.6. The van der Waals surface area contributed by atoms with E-state index in [2.05, 4.69) is 4.90 Å². The zero-order chi connectivity index (χ0) is 5.40. The molecule has 0 saturated carbocycles. The molecule has 2 nitrogen and oxygen atoms in total. The van der Waals surface area contributed by atoms with Gasteiger partial charge in [-0.2, -0.15) is 0 Å². The first-order chi connectivity index (χ1) is 3.95. The molecule has 2 aliphatic rings. The van der Waals surface area contributed by atoms with Gasteiger partial charge in [-0.25, -0.2) is 0 Å². The summed E-state index contributed by atoms with van der Waals surface area (Å²) in [5.74, 6) is 0. The zero-order valence-electron chi connectivity index (χ0n) is 4.97. The number of nitrogens with zero attached hydrogens (tertiary/aromatic N) is 1. The Morgan fingerprint density at radius 1 is 1.50 bits per heavy atom. The molecule has 2 heterocycles. The molecule has 1 atom stereocenters. The lowest BCUT2D eigenvalue weighted by molar-refractivity contribution is 0.164. The van der Waals surface area contributed by atoms with Gasteiger partial charge in [-0.1, -0.05) is 0 Å². The maximum atomic E-state index is 5.07. The number of ether oxygens (including phenoxy) is 1. The summed E-state index contributed by atoms with van der Waals surface area (Å²) in [6.07, 6.45) is 2.00. The van der Waals surface area contributed by atoms with Gasteiger partial charge in [0.25, 0.3) is 0 Å². The van der Waals surface area contributed by atoms with Crippen molar-refractivity contribution in [2.45, 2.75) is 12.5 Å². The topological polar surface area (TPSA) is 15.8 Å². The van der Waals surface area contributed by atoms with Gasteiger partial charge in [0.1, 0.15) is 0 Å². The number of epoxide rings is 1. The minimum atomic E-state index is 0.607. The van der Waals surface area contributed by atoms with Crippen LogP contribution in [0, 0.1) is 0 Å². The van der Waals surface area contributed by atoms with Crippen LogP contribution in [0.5, 0.6) is 0 Å². The van der Waals surface area contributed by atoms with E-state index >= 15 is 0 Å². The summed E-state index contributed by atoms with van der Waals surface area (Å²) < 4.78 is 5.07. The van der Waals surface area contributed by atoms with Crippen molar-refractivity contribution in [3.63, 3.8) is 0 Å². The quantitative estimate of drug-likeness (QED) is 0.472. The summed E-state index contributed by atoms with van der Waals surface area (Å²) >= 11 is 0. The van der Waals surface area contributed by atoms with Crippen LogP contribution in [0.2, 0.25) is 0 Å². The van der Waals surface area contributed by atoms with E-state index in [1.165, 1.54) is 26.1 Å². The van der Waals surface area contributed by atoms with Gasteiger partial charge in [0.05, 0.1) is 12.7 Å². The van der Waals surface area contributed by atoms with Gasteiger partial charge in [0.15, 0.2) is 0 Å². The van der Waals surface area contributed by atoms with E-state index in [1.807, 2.05) is 0 Å². The van der Waals surface area contributed by atoms with Crippen LogP contribution in [0.4, 0.5) is 0 Å². The van der Waals surface area contributed by atoms with Gasteiger partial charge in [-0.15, -0.1) is 0 Å². The summed E-state index contributed by atoms with van der Waals surface area (Å²) in [7, 11) is 0. The van der Waals surface area contributed by atoms with Crippen molar-refractivity contribution in [1.82, 2.24) is 4.90 Å². The van der Waals surface area contributed by atoms with E-state index in [0.29, 0.717) is 6.10 Å². The fourth-order valence-electron chi connectivity index (χ4n) is 1.03. The third kappa shape index (κ3) is 0.858. The molecule has 0 N–H and O–H groups in total. The Morgan fingerprint density at radius 3 is 2.62 bits per heavy atom. The third-order valence-corrected chi connectivity index (χ3v) is 1.81. The Bertz CT molecular complexity index is 86.5. The van der Waals surface area contributed by atoms with Crippen LogP contribution in [-0.4, -0.2) is 37.2 Å². The molecular weight excluding hydrogens is 102 g/mol. The first-order valence-electron chi connectivity index (χ1n) is 3.29. The van der Waals surface area contributed by atoms with Crippen LogP contribution in [0.1, 0.15) is 6.42 Å². The number of rotatable bonds is 2. The number of hydrogen-bond donors (Lipinski definition) is 0. The summed E-state index contributed by atoms with van der Waals surface area (Å²) in [5.41, 5.74) is 0. The van der Waals surface area contributed by atoms with Crippen molar-refractivity contribution in [1.29, 1.82) is 0 Å². The smallest absolute Gasteiger partial charge is 0.0936 e. The summed E-state index contributed by atoms with van der Waals surface area (Å²) in [6.45, 7) is 4.82. The minimum Gasteiger partial charge on any atom is -0.372 e. The van der Waals surface area contributed by atoms with Gasteiger partial charge in [-0.05, 0) is 19.5 Å². The average molecular weight is 113 g/mol. The van der Waals surface area contributed by atoms with E-state index in [-0.39, 0.29) is 0 Å². The van der Waals surface area contributed by atoms with E-state index in [9.17, 15) is 0 Å². The molecule has 0 bridgehead atoms. The molecule has 0 aromatic heterocycles. The van der Waals surface area contributed by atoms with Crippen LogP contribution in [0.3, 0.4) is 0 Å². The number of likely N-dealkylation sites (tertiary alicyclic amines) is 1.